The highest BCUT2D eigenvalue weighted by Crippen LogP contribution is 2.29. The Balaban J connectivity index is 1.49. The van der Waals surface area contributed by atoms with Crippen LogP contribution in [0.15, 0.2) is 53.0 Å². The zero-order valence-electron chi connectivity index (χ0n) is 28.2. The number of nitrogens with two attached hydrogens (primary N) is 1. The molecule has 2 amide bonds. The Labute approximate surface area is 293 Å². The van der Waals surface area contributed by atoms with Crippen molar-refractivity contribution in [2.24, 2.45) is 17.6 Å². The molecule has 1 aliphatic carbocycles. The average Bonchev–Trinajstić information content (AvgIpc) is 3.09. The van der Waals surface area contributed by atoms with E-state index >= 15 is 0 Å². The maximum Gasteiger partial charge on any atom is 0.514 e. The minimum absolute atomic E-state index is 0.0637. The van der Waals surface area contributed by atoms with Gasteiger partial charge in [-0.25, -0.2) is 4.79 Å². The van der Waals surface area contributed by atoms with Gasteiger partial charge in [0.15, 0.2) is 0 Å². The van der Waals surface area contributed by atoms with Crippen molar-refractivity contribution in [2.75, 3.05) is 19.7 Å². The van der Waals surface area contributed by atoms with Crippen LogP contribution in [0.2, 0.25) is 0 Å². The largest absolute Gasteiger partial charge is 0.514 e. The van der Waals surface area contributed by atoms with Gasteiger partial charge in [0.05, 0.1) is 12.5 Å². The molecule has 2 aromatic rings. The highest BCUT2D eigenvalue weighted by Gasteiger charge is 2.28. The Bertz CT molecular complexity index is 1280. The van der Waals surface area contributed by atoms with Gasteiger partial charge >= 0.3 is 12.1 Å². The quantitative estimate of drug-likeness (QED) is 0.0770. The first-order valence-corrected chi connectivity index (χ1v) is 18.2. The first kappa shape index (κ1) is 39.0. The molecule has 1 saturated carbocycles. The van der Waals surface area contributed by atoms with Gasteiger partial charge in [0.1, 0.15) is 18.4 Å². The topological polar surface area (TPSA) is 146 Å². The van der Waals surface area contributed by atoms with Gasteiger partial charge in [0, 0.05) is 29.4 Å². The Hall–Kier alpha value is -3.44. The molecule has 1 atom stereocenters. The summed E-state index contributed by atoms with van der Waals surface area (Å²) in [5.41, 5.74) is 7.18. The van der Waals surface area contributed by atoms with Crippen molar-refractivity contribution in [1.82, 2.24) is 10.6 Å². The number of nitrogens with one attached hydrogen (secondary N) is 2. The van der Waals surface area contributed by atoms with Crippen molar-refractivity contribution in [1.29, 1.82) is 0 Å². The maximum atomic E-state index is 13.4. The Morgan fingerprint density at radius 3 is 2.33 bits per heavy atom. The van der Waals surface area contributed by atoms with Crippen LogP contribution < -0.4 is 21.1 Å². The van der Waals surface area contributed by atoms with Crippen molar-refractivity contribution in [3.63, 3.8) is 0 Å². The minimum atomic E-state index is -0.828. The molecule has 0 saturated heterocycles. The number of halogens is 1. The van der Waals surface area contributed by atoms with Crippen LogP contribution in [0.25, 0.3) is 0 Å². The molecule has 0 spiro atoms. The van der Waals surface area contributed by atoms with E-state index in [0.29, 0.717) is 38.3 Å². The molecular weight excluding hydrogens is 678 g/mol. The summed E-state index contributed by atoms with van der Waals surface area (Å²) in [4.78, 5) is 50.9. The lowest BCUT2D eigenvalue weighted by atomic mass is 9.82. The fourth-order valence-electron chi connectivity index (χ4n) is 5.68. The lowest BCUT2D eigenvalue weighted by molar-refractivity contribution is -0.150. The van der Waals surface area contributed by atoms with Gasteiger partial charge < -0.3 is 30.6 Å². The number of esters is 1. The number of rotatable bonds is 20. The summed E-state index contributed by atoms with van der Waals surface area (Å²) in [6.07, 6.45) is 9.62. The van der Waals surface area contributed by atoms with Crippen LogP contribution in [-0.2, 0) is 36.9 Å². The van der Waals surface area contributed by atoms with Crippen molar-refractivity contribution in [3.8, 4) is 5.75 Å². The van der Waals surface area contributed by atoms with Gasteiger partial charge in [-0.05, 0) is 81.2 Å². The molecule has 4 N–H and O–H groups in total. The second-order valence-electron chi connectivity index (χ2n) is 12.5. The number of hydrogen-bond acceptors (Lipinski definition) is 8. The number of ether oxygens (including phenoxy) is 3. The van der Waals surface area contributed by atoms with E-state index < -0.39 is 12.2 Å². The van der Waals surface area contributed by atoms with Gasteiger partial charge in [0.25, 0.3) is 0 Å². The number of carbonyl (C=O) groups excluding carboxylic acids is 4. The van der Waals surface area contributed by atoms with Crippen molar-refractivity contribution in [3.05, 3.63) is 64.1 Å². The van der Waals surface area contributed by atoms with Crippen molar-refractivity contribution >= 4 is 39.9 Å². The van der Waals surface area contributed by atoms with Crippen LogP contribution in [0.1, 0.15) is 95.1 Å². The lowest BCUT2D eigenvalue weighted by Crippen LogP contribution is -2.49. The summed E-state index contributed by atoms with van der Waals surface area (Å²) in [6, 6.07) is 13.4. The van der Waals surface area contributed by atoms with Crippen LogP contribution in [0.4, 0.5) is 4.79 Å². The molecule has 3 rings (SSSR count). The predicted molar refractivity (Wildman–Crippen MR) is 188 cm³/mol. The van der Waals surface area contributed by atoms with Crippen molar-refractivity contribution in [2.45, 2.75) is 103 Å². The summed E-state index contributed by atoms with van der Waals surface area (Å²) in [7, 11) is 0. The summed E-state index contributed by atoms with van der Waals surface area (Å²) in [6.45, 7) is 3.77. The van der Waals surface area contributed by atoms with Crippen LogP contribution in [0.3, 0.4) is 0 Å². The summed E-state index contributed by atoms with van der Waals surface area (Å²) in [5, 5.41) is 5.96. The van der Waals surface area contributed by atoms with Crippen LogP contribution >= 0.6 is 15.9 Å². The zero-order valence-corrected chi connectivity index (χ0v) is 29.8. The predicted octanol–water partition coefficient (Wildman–Crippen LogP) is 6.76. The zero-order chi connectivity index (χ0) is 34.6. The number of carbonyl (C=O) groups is 4. The summed E-state index contributed by atoms with van der Waals surface area (Å²) >= 11 is 3.43. The molecule has 0 aromatic heterocycles. The maximum absolute atomic E-state index is 13.4. The first-order chi connectivity index (χ1) is 23.3. The van der Waals surface area contributed by atoms with E-state index in [9.17, 15) is 19.2 Å². The summed E-state index contributed by atoms with van der Waals surface area (Å²) < 4.78 is 16.9. The highest BCUT2D eigenvalue weighted by molar-refractivity contribution is 9.10. The number of hydrogen-bond donors (Lipinski definition) is 3. The van der Waals surface area contributed by atoms with Gasteiger partial charge in [-0.1, -0.05) is 78.9 Å². The Morgan fingerprint density at radius 2 is 1.62 bits per heavy atom. The Kier molecular flexibility index (Phi) is 18.1. The van der Waals surface area contributed by atoms with E-state index in [1.54, 1.807) is 24.3 Å². The van der Waals surface area contributed by atoms with E-state index in [-0.39, 0.29) is 42.6 Å². The van der Waals surface area contributed by atoms with Gasteiger partial charge in [-0.2, -0.15) is 0 Å². The molecule has 10 nitrogen and oxygen atoms in total. The minimum Gasteiger partial charge on any atom is -0.465 e. The van der Waals surface area contributed by atoms with Crippen LogP contribution in [0, 0.1) is 11.8 Å². The van der Waals surface area contributed by atoms with Crippen LogP contribution in [0.5, 0.6) is 5.75 Å². The summed E-state index contributed by atoms with van der Waals surface area (Å²) in [5.74, 6) is -0.0547. The second-order valence-corrected chi connectivity index (χ2v) is 13.3. The fourth-order valence-corrected chi connectivity index (χ4v) is 6.08. The molecule has 0 aliphatic heterocycles. The van der Waals surface area contributed by atoms with Gasteiger partial charge in [0.2, 0.25) is 11.8 Å². The van der Waals surface area contributed by atoms with Crippen LogP contribution in [-0.4, -0.2) is 49.7 Å². The number of benzene rings is 2. The molecule has 48 heavy (non-hydrogen) atoms. The van der Waals surface area contributed by atoms with Crippen molar-refractivity contribution < 1.29 is 33.4 Å². The van der Waals surface area contributed by atoms with E-state index in [1.165, 1.54) is 0 Å². The second kappa shape index (κ2) is 22.2. The molecule has 264 valence electrons. The van der Waals surface area contributed by atoms with Gasteiger partial charge in [-0.3, -0.25) is 14.4 Å². The third-order valence-corrected chi connectivity index (χ3v) is 9.39. The molecule has 0 heterocycles. The smallest absolute Gasteiger partial charge is 0.465 e. The molecule has 1 aliphatic rings. The average molecular weight is 731 g/mol. The third kappa shape index (κ3) is 14.8. The molecule has 11 heteroatoms. The SMILES string of the molecule is CCCCCCOC(=O)C1CCC(CNC(=O)[C@H](Cc2ccc(OC(=O)OCc3ccccc3Br)cc2)NC(=O)CCCCCN)CC1. The Morgan fingerprint density at radius 1 is 0.896 bits per heavy atom. The number of amides is 2. The van der Waals surface area contributed by atoms with E-state index in [1.807, 2.05) is 24.3 Å². The lowest BCUT2D eigenvalue weighted by Gasteiger charge is -2.28. The normalized spacial score (nSPS) is 16.4. The monoisotopic (exact) mass is 729 g/mol. The van der Waals surface area contributed by atoms with E-state index in [2.05, 4.69) is 33.5 Å². The molecule has 0 unspecified atom stereocenters. The highest BCUT2D eigenvalue weighted by atomic mass is 79.9. The third-order valence-electron chi connectivity index (χ3n) is 8.61. The molecule has 0 bridgehead atoms. The molecule has 2 aromatic carbocycles. The standard InChI is InChI=1S/C37H52BrN3O7/c1-2-3-4-10-23-46-36(44)29-18-14-28(15-19-29)25-40-35(43)33(41-34(42)13-6-5-9-22-39)24-27-16-20-31(21-17-27)48-37(45)47-26-30-11-7-8-12-32(30)38/h7-8,11-12,16-17,20-21,28-29,33H,2-6,9-10,13-15,18-19,22-26,39H2,1H3,(H,40,43)(H,41,42)/t28?,29?,33-/m0/s1. The fraction of sp³-hybridized carbons (Fsp3) is 0.568. The number of unbranched alkanes of at least 4 members (excludes halogenated alkanes) is 5. The molecule has 0 radical (unpaired) electrons. The first-order valence-electron chi connectivity index (χ1n) is 17.4. The van der Waals surface area contributed by atoms with E-state index in [4.69, 9.17) is 19.9 Å². The molecular formula is C37H52BrN3O7. The van der Waals surface area contributed by atoms with Gasteiger partial charge in [-0.15, -0.1) is 0 Å². The van der Waals surface area contributed by atoms with E-state index in [0.717, 1.165) is 79.8 Å². The molecule has 1 fully saturated rings.